The van der Waals surface area contributed by atoms with Crippen LogP contribution in [0.15, 0.2) is 44.2 Å². The molecule has 1 unspecified atom stereocenters. The highest BCUT2D eigenvalue weighted by Crippen LogP contribution is 2.30. The van der Waals surface area contributed by atoms with Gasteiger partial charge in [-0.1, -0.05) is 5.16 Å². The third kappa shape index (κ3) is 2.21. The Morgan fingerprint density at radius 2 is 2.25 bits per heavy atom. The van der Waals surface area contributed by atoms with Crippen LogP contribution in [0.2, 0.25) is 0 Å². The van der Waals surface area contributed by atoms with Gasteiger partial charge >= 0.3 is 6.03 Å². The van der Waals surface area contributed by atoms with Crippen LogP contribution >= 0.6 is 11.3 Å². The van der Waals surface area contributed by atoms with Crippen LogP contribution in [0.4, 0.5) is 4.79 Å². The number of amides is 3. The topological polar surface area (TPSA) is 101 Å². The summed E-state index contributed by atoms with van der Waals surface area (Å²) in [6, 6.07) is 4.63. The zero-order valence-electron chi connectivity index (χ0n) is 12.6. The fourth-order valence-electron chi connectivity index (χ4n) is 2.53. The first-order valence-electron chi connectivity index (χ1n) is 7.11. The van der Waals surface area contributed by atoms with Crippen LogP contribution < -0.4 is 5.32 Å². The first-order valence-corrected chi connectivity index (χ1v) is 8.05. The molecule has 3 amide bonds. The Morgan fingerprint density at radius 3 is 2.96 bits per heavy atom. The van der Waals surface area contributed by atoms with E-state index < -0.39 is 17.5 Å². The van der Waals surface area contributed by atoms with Crippen molar-refractivity contribution >= 4 is 23.3 Å². The zero-order valence-corrected chi connectivity index (χ0v) is 13.4. The molecule has 1 N–H and O–H groups in total. The Labute approximate surface area is 140 Å². The highest BCUT2D eigenvalue weighted by molar-refractivity contribution is 7.08. The second-order valence-corrected chi connectivity index (χ2v) is 6.23. The van der Waals surface area contributed by atoms with E-state index in [9.17, 15) is 9.59 Å². The standard InChI is InChI=1S/C15H12N4O4S/c1-15(10-3-2-5-22-10)13(20)19(14(21)17-15)7-11-16-12(23-18-11)9-4-6-24-8-9/h2-6,8H,7H2,1H3,(H,17,21). The maximum absolute atomic E-state index is 12.7. The number of furan rings is 1. The molecule has 0 saturated carbocycles. The van der Waals surface area contributed by atoms with E-state index in [1.165, 1.54) is 17.6 Å². The third-order valence-corrected chi connectivity index (χ3v) is 4.51. The van der Waals surface area contributed by atoms with Crippen molar-refractivity contribution < 1.29 is 18.5 Å². The minimum Gasteiger partial charge on any atom is -0.466 e. The normalized spacial score (nSPS) is 20.6. The van der Waals surface area contributed by atoms with Crippen LogP contribution in [-0.2, 0) is 16.9 Å². The summed E-state index contributed by atoms with van der Waals surface area (Å²) < 4.78 is 10.5. The number of urea groups is 1. The quantitative estimate of drug-likeness (QED) is 0.729. The lowest BCUT2D eigenvalue weighted by Gasteiger charge is -2.18. The maximum atomic E-state index is 12.7. The van der Waals surface area contributed by atoms with Gasteiger partial charge in [-0.15, -0.1) is 0 Å². The summed E-state index contributed by atoms with van der Waals surface area (Å²) in [5.41, 5.74) is -0.433. The van der Waals surface area contributed by atoms with Gasteiger partial charge in [0.15, 0.2) is 11.4 Å². The molecule has 122 valence electrons. The predicted octanol–water partition coefficient (Wildman–Crippen LogP) is 2.36. The van der Waals surface area contributed by atoms with Gasteiger partial charge in [0.25, 0.3) is 11.8 Å². The average molecular weight is 344 g/mol. The van der Waals surface area contributed by atoms with Gasteiger partial charge in [-0.05, 0) is 30.5 Å². The number of rotatable bonds is 4. The maximum Gasteiger partial charge on any atom is 0.325 e. The Bertz CT molecular complexity index is 887. The van der Waals surface area contributed by atoms with E-state index in [1.54, 1.807) is 19.1 Å². The summed E-state index contributed by atoms with van der Waals surface area (Å²) >= 11 is 1.51. The molecule has 0 spiro atoms. The number of nitrogens with one attached hydrogen (secondary N) is 1. The van der Waals surface area contributed by atoms with Gasteiger partial charge in [0.05, 0.1) is 18.4 Å². The molecule has 1 saturated heterocycles. The van der Waals surface area contributed by atoms with Crippen LogP contribution in [0.25, 0.3) is 11.5 Å². The van der Waals surface area contributed by atoms with Crippen molar-refractivity contribution in [2.45, 2.75) is 19.0 Å². The Kier molecular flexibility index (Phi) is 3.24. The lowest BCUT2D eigenvalue weighted by Crippen LogP contribution is -2.40. The van der Waals surface area contributed by atoms with Gasteiger partial charge in [0, 0.05) is 5.38 Å². The van der Waals surface area contributed by atoms with Crippen molar-refractivity contribution in [3.63, 3.8) is 0 Å². The zero-order chi connectivity index (χ0) is 16.7. The average Bonchev–Trinajstić information content (AvgIpc) is 3.34. The van der Waals surface area contributed by atoms with E-state index in [2.05, 4.69) is 15.5 Å². The number of imide groups is 1. The SMILES string of the molecule is CC1(c2ccco2)NC(=O)N(Cc2noc(-c3ccsc3)n2)C1=O. The van der Waals surface area contributed by atoms with Gasteiger partial charge in [-0.2, -0.15) is 16.3 Å². The van der Waals surface area contributed by atoms with Gasteiger partial charge < -0.3 is 14.3 Å². The highest BCUT2D eigenvalue weighted by Gasteiger charge is 2.51. The predicted molar refractivity (Wildman–Crippen MR) is 82.8 cm³/mol. The third-order valence-electron chi connectivity index (χ3n) is 3.82. The molecular formula is C15H12N4O4S. The van der Waals surface area contributed by atoms with Gasteiger partial charge in [-0.25, -0.2) is 4.79 Å². The van der Waals surface area contributed by atoms with E-state index in [0.29, 0.717) is 11.7 Å². The smallest absolute Gasteiger partial charge is 0.325 e. The van der Waals surface area contributed by atoms with E-state index >= 15 is 0 Å². The number of nitrogens with zero attached hydrogens (tertiary/aromatic N) is 3. The minimum absolute atomic E-state index is 0.0748. The lowest BCUT2D eigenvalue weighted by atomic mass is 9.99. The molecule has 1 aliphatic heterocycles. The van der Waals surface area contributed by atoms with Gasteiger partial charge in [-0.3, -0.25) is 9.69 Å². The largest absolute Gasteiger partial charge is 0.466 e. The van der Waals surface area contributed by atoms with Crippen molar-refractivity contribution in [1.82, 2.24) is 20.4 Å². The van der Waals surface area contributed by atoms with Crippen molar-refractivity contribution in [3.8, 4) is 11.5 Å². The molecule has 0 bridgehead atoms. The minimum atomic E-state index is -1.24. The molecule has 0 aliphatic carbocycles. The first kappa shape index (κ1) is 14.6. The summed E-state index contributed by atoms with van der Waals surface area (Å²) in [5, 5.41) is 10.3. The number of carbonyl (C=O) groups is 2. The Morgan fingerprint density at radius 1 is 1.38 bits per heavy atom. The van der Waals surface area contributed by atoms with Crippen LogP contribution in [0.1, 0.15) is 18.5 Å². The lowest BCUT2D eigenvalue weighted by molar-refractivity contribution is -0.132. The number of hydrogen-bond donors (Lipinski definition) is 1. The molecule has 4 heterocycles. The summed E-state index contributed by atoms with van der Waals surface area (Å²) in [4.78, 5) is 30.2. The highest BCUT2D eigenvalue weighted by atomic mass is 32.1. The summed E-state index contributed by atoms with van der Waals surface area (Å²) in [6.07, 6.45) is 1.45. The molecule has 8 nitrogen and oxygen atoms in total. The monoisotopic (exact) mass is 344 g/mol. The van der Waals surface area contributed by atoms with Crippen molar-refractivity contribution in [2.75, 3.05) is 0 Å². The van der Waals surface area contributed by atoms with Crippen LogP contribution in [-0.4, -0.2) is 27.0 Å². The van der Waals surface area contributed by atoms with E-state index in [-0.39, 0.29) is 12.4 Å². The second kappa shape index (κ2) is 5.31. The molecule has 3 aromatic heterocycles. The Hall–Kier alpha value is -2.94. The van der Waals surface area contributed by atoms with Crippen LogP contribution in [0.3, 0.4) is 0 Å². The van der Waals surface area contributed by atoms with Crippen molar-refractivity contribution in [1.29, 1.82) is 0 Å². The molecule has 3 aromatic rings. The van der Waals surface area contributed by atoms with E-state index in [4.69, 9.17) is 8.94 Å². The molecule has 4 rings (SSSR count). The van der Waals surface area contributed by atoms with E-state index in [0.717, 1.165) is 10.5 Å². The molecule has 24 heavy (non-hydrogen) atoms. The van der Waals surface area contributed by atoms with Crippen molar-refractivity contribution in [2.24, 2.45) is 0 Å². The van der Waals surface area contributed by atoms with Crippen LogP contribution in [0, 0.1) is 0 Å². The fraction of sp³-hybridized carbons (Fsp3) is 0.200. The van der Waals surface area contributed by atoms with Crippen molar-refractivity contribution in [3.05, 3.63) is 46.8 Å². The van der Waals surface area contributed by atoms with Gasteiger partial charge in [0.1, 0.15) is 5.76 Å². The summed E-state index contributed by atoms with van der Waals surface area (Å²) in [6.45, 7) is 1.52. The molecule has 0 radical (unpaired) electrons. The molecule has 1 atom stereocenters. The molecule has 1 fully saturated rings. The second-order valence-electron chi connectivity index (χ2n) is 5.45. The molecule has 9 heteroatoms. The number of thiophene rings is 1. The number of hydrogen-bond acceptors (Lipinski definition) is 7. The molecule has 1 aliphatic rings. The summed E-state index contributed by atoms with van der Waals surface area (Å²) in [7, 11) is 0. The van der Waals surface area contributed by atoms with Gasteiger partial charge in [0.2, 0.25) is 0 Å². The fourth-order valence-corrected chi connectivity index (χ4v) is 3.16. The Balaban J connectivity index is 1.57. The molecule has 0 aromatic carbocycles. The molecular weight excluding hydrogens is 332 g/mol. The first-order chi connectivity index (χ1) is 11.6. The van der Waals surface area contributed by atoms with E-state index in [1.807, 2.05) is 16.8 Å². The van der Waals surface area contributed by atoms with Crippen LogP contribution in [0.5, 0.6) is 0 Å². The summed E-state index contributed by atoms with van der Waals surface area (Å²) in [5.74, 6) is 0.551. The number of carbonyl (C=O) groups excluding carboxylic acids is 2. The number of aromatic nitrogens is 2.